The molecule has 1 aliphatic carbocycles. The minimum atomic E-state index is 0.168. The summed E-state index contributed by atoms with van der Waals surface area (Å²) >= 11 is 0. The molecule has 0 heterocycles. The number of ketones is 1. The minimum absolute atomic E-state index is 0.168. The van der Waals surface area contributed by atoms with Crippen LogP contribution in [0.5, 0.6) is 0 Å². The number of hydrogen-bond acceptors (Lipinski definition) is 1. The molecule has 1 fully saturated rings. The first-order chi connectivity index (χ1) is 7.68. The normalized spacial score (nSPS) is 21.9. The molecule has 0 bridgehead atoms. The monoisotopic (exact) mass is 216 g/mol. The van der Waals surface area contributed by atoms with E-state index in [2.05, 4.69) is 32.0 Å². The van der Waals surface area contributed by atoms with Gasteiger partial charge in [0.1, 0.15) is 5.78 Å². The highest BCUT2D eigenvalue weighted by Crippen LogP contribution is 2.29. The summed E-state index contributed by atoms with van der Waals surface area (Å²) in [6.45, 7) is 4.24. The van der Waals surface area contributed by atoms with Crippen molar-refractivity contribution in [3.8, 4) is 0 Å². The van der Waals surface area contributed by atoms with Gasteiger partial charge in [-0.1, -0.05) is 31.0 Å². The molecular formula is C15H20O. The van der Waals surface area contributed by atoms with E-state index in [1.54, 1.807) is 0 Å². The van der Waals surface area contributed by atoms with Gasteiger partial charge in [-0.25, -0.2) is 0 Å². The van der Waals surface area contributed by atoms with Gasteiger partial charge in [0.05, 0.1) is 0 Å². The number of carbonyl (C=O) groups is 1. The molecule has 0 saturated heterocycles. The lowest BCUT2D eigenvalue weighted by atomic mass is 9.89. The molecule has 0 aliphatic heterocycles. The van der Waals surface area contributed by atoms with Crippen LogP contribution in [0.4, 0.5) is 0 Å². The van der Waals surface area contributed by atoms with Crippen molar-refractivity contribution >= 4 is 5.78 Å². The van der Waals surface area contributed by atoms with Gasteiger partial charge < -0.3 is 0 Å². The van der Waals surface area contributed by atoms with Crippen LogP contribution in [0.15, 0.2) is 18.2 Å². The first-order valence-electron chi connectivity index (χ1n) is 6.28. The summed E-state index contributed by atoms with van der Waals surface area (Å²) in [5, 5.41) is 0. The molecule has 1 unspecified atom stereocenters. The fourth-order valence-electron chi connectivity index (χ4n) is 2.49. The summed E-state index contributed by atoms with van der Waals surface area (Å²) in [6.07, 6.45) is 5.31. The average Bonchev–Trinajstić information content (AvgIpc) is 2.47. The predicted molar refractivity (Wildman–Crippen MR) is 66.7 cm³/mol. The minimum Gasteiger partial charge on any atom is -0.299 e. The zero-order chi connectivity index (χ0) is 11.5. The lowest BCUT2D eigenvalue weighted by Gasteiger charge is -2.14. The van der Waals surface area contributed by atoms with Crippen LogP contribution < -0.4 is 0 Å². The van der Waals surface area contributed by atoms with Gasteiger partial charge in [-0.3, -0.25) is 4.79 Å². The molecule has 0 aromatic heterocycles. The molecule has 1 aromatic rings. The Kier molecular flexibility index (Phi) is 3.42. The quantitative estimate of drug-likeness (QED) is 0.650. The average molecular weight is 216 g/mol. The maximum atomic E-state index is 12.0. The molecule has 0 spiro atoms. The first kappa shape index (κ1) is 11.4. The van der Waals surface area contributed by atoms with Crippen molar-refractivity contribution < 1.29 is 4.79 Å². The third-order valence-electron chi connectivity index (χ3n) is 3.74. The van der Waals surface area contributed by atoms with Gasteiger partial charge in [0, 0.05) is 12.3 Å². The van der Waals surface area contributed by atoms with E-state index in [1.807, 2.05) is 0 Å². The third-order valence-corrected chi connectivity index (χ3v) is 3.74. The maximum absolute atomic E-state index is 12.0. The Hall–Kier alpha value is -1.11. The largest absolute Gasteiger partial charge is 0.299 e. The Morgan fingerprint density at radius 2 is 1.88 bits per heavy atom. The molecule has 1 saturated carbocycles. The number of aryl methyl sites for hydroxylation is 2. The van der Waals surface area contributed by atoms with E-state index in [9.17, 15) is 4.79 Å². The molecule has 1 atom stereocenters. The number of benzene rings is 1. The SMILES string of the molecule is Cc1ccc(C2CCCCCC2=O)cc1C. The van der Waals surface area contributed by atoms with E-state index in [-0.39, 0.29) is 5.92 Å². The van der Waals surface area contributed by atoms with Crippen LogP contribution in [0.25, 0.3) is 0 Å². The highest BCUT2D eigenvalue weighted by atomic mass is 16.1. The Labute approximate surface area is 97.9 Å². The van der Waals surface area contributed by atoms with Crippen molar-refractivity contribution in [2.24, 2.45) is 0 Å². The molecule has 0 radical (unpaired) electrons. The van der Waals surface area contributed by atoms with E-state index in [0.29, 0.717) is 5.78 Å². The van der Waals surface area contributed by atoms with Gasteiger partial charge in [-0.15, -0.1) is 0 Å². The molecule has 86 valence electrons. The van der Waals surface area contributed by atoms with Crippen LogP contribution in [0.2, 0.25) is 0 Å². The fraction of sp³-hybridized carbons (Fsp3) is 0.533. The molecule has 1 heteroatoms. The highest BCUT2D eigenvalue weighted by Gasteiger charge is 2.22. The van der Waals surface area contributed by atoms with Crippen molar-refractivity contribution in [2.75, 3.05) is 0 Å². The standard InChI is InChI=1S/C15H20O/c1-11-8-9-13(10-12(11)2)14-6-4-3-5-7-15(14)16/h8-10,14H,3-7H2,1-2H3. The first-order valence-corrected chi connectivity index (χ1v) is 6.28. The van der Waals surface area contributed by atoms with E-state index in [0.717, 1.165) is 19.3 Å². The van der Waals surface area contributed by atoms with E-state index >= 15 is 0 Å². The van der Waals surface area contributed by atoms with Crippen molar-refractivity contribution in [1.29, 1.82) is 0 Å². The highest BCUT2D eigenvalue weighted by molar-refractivity contribution is 5.86. The summed E-state index contributed by atoms with van der Waals surface area (Å²) in [7, 11) is 0. The summed E-state index contributed by atoms with van der Waals surface area (Å²) < 4.78 is 0. The predicted octanol–water partition coefficient (Wildman–Crippen LogP) is 3.92. The fourth-order valence-corrected chi connectivity index (χ4v) is 2.49. The maximum Gasteiger partial charge on any atom is 0.140 e. The number of Topliss-reactive ketones (excluding diaryl/α,β-unsaturated/α-hetero) is 1. The summed E-state index contributed by atoms with van der Waals surface area (Å²) in [5.74, 6) is 0.613. The number of hydrogen-bond donors (Lipinski definition) is 0. The second kappa shape index (κ2) is 4.82. The third kappa shape index (κ3) is 2.34. The van der Waals surface area contributed by atoms with Gasteiger partial charge in [0.25, 0.3) is 0 Å². The summed E-state index contributed by atoms with van der Waals surface area (Å²) in [5.41, 5.74) is 3.84. The smallest absolute Gasteiger partial charge is 0.140 e. The van der Waals surface area contributed by atoms with E-state index in [1.165, 1.54) is 29.5 Å². The molecule has 1 aliphatic rings. The van der Waals surface area contributed by atoms with E-state index in [4.69, 9.17) is 0 Å². The molecule has 1 aromatic carbocycles. The zero-order valence-corrected chi connectivity index (χ0v) is 10.3. The molecule has 1 nitrogen and oxygen atoms in total. The van der Waals surface area contributed by atoms with Crippen molar-refractivity contribution in [3.05, 3.63) is 34.9 Å². The number of rotatable bonds is 1. The lowest BCUT2D eigenvalue weighted by molar-refractivity contribution is -0.120. The van der Waals surface area contributed by atoms with Gasteiger partial charge >= 0.3 is 0 Å². The Balaban J connectivity index is 2.27. The van der Waals surface area contributed by atoms with Crippen LogP contribution in [-0.2, 0) is 4.79 Å². The summed E-state index contributed by atoms with van der Waals surface area (Å²) in [4.78, 5) is 12.0. The van der Waals surface area contributed by atoms with E-state index < -0.39 is 0 Å². The van der Waals surface area contributed by atoms with Crippen LogP contribution in [0, 0.1) is 13.8 Å². The topological polar surface area (TPSA) is 17.1 Å². The van der Waals surface area contributed by atoms with Crippen molar-refractivity contribution in [1.82, 2.24) is 0 Å². The molecule has 2 rings (SSSR count). The van der Waals surface area contributed by atoms with Gasteiger partial charge in [0.2, 0.25) is 0 Å². The second-order valence-corrected chi connectivity index (χ2v) is 4.96. The molecule has 0 amide bonds. The molecule has 0 N–H and O–H groups in total. The number of carbonyl (C=O) groups excluding carboxylic acids is 1. The summed E-state index contributed by atoms with van der Waals surface area (Å²) in [6, 6.07) is 6.47. The molecular weight excluding hydrogens is 196 g/mol. The lowest BCUT2D eigenvalue weighted by Crippen LogP contribution is -2.10. The van der Waals surface area contributed by atoms with Crippen LogP contribution in [0.3, 0.4) is 0 Å². The van der Waals surface area contributed by atoms with Crippen LogP contribution >= 0.6 is 0 Å². The molecule has 16 heavy (non-hydrogen) atoms. The Morgan fingerprint density at radius 1 is 1.06 bits per heavy atom. The Bertz CT molecular complexity index is 392. The van der Waals surface area contributed by atoms with Gasteiger partial charge in [0.15, 0.2) is 0 Å². The van der Waals surface area contributed by atoms with Crippen LogP contribution in [0.1, 0.15) is 54.7 Å². The van der Waals surface area contributed by atoms with Crippen LogP contribution in [-0.4, -0.2) is 5.78 Å². The van der Waals surface area contributed by atoms with Gasteiger partial charge in [-0.2, -0.15) is 0 Å². The van der Waals surface area contributed by atoms with Crippen molar-refractivity contribution in [3.63, 3.8) is 0 Å². The Morgan fingerprint density at radius 3 is 2.62 bits per heavy atom. The zero-order valence-electron chi connectivity index (χ0n) is 10.3. The second-order valence-electron chi connectivity index (χ2n) is 4.96. The van der Waals surface area contributed by atoms with Crippen molar-refractivity contribution in [2.45, 2.75) is 51.9 Å². The van der Waals surface area contributed by atoms with Gasteiger partial charge in [-0.05, 0) is 43.4 Å².